The molecule has 1 saturated heterocycles. The first-order valence-corrected chi connectivity index (χ1v) is 12.0. The number of H-pyrrole nitrogens is 1. The zero-order valence-electron chi connectivity index (χ0n) is 19.6. The Bertz CT molecular complexity index is 1420. The van der Waals surface area contributed by atoms with Crippen LogP contribution in [-0.4, -0.2) is 47.5 Å². The average molecular weight is 506 g/mol. The van der Waals surface area contributed by atoms with Gasteiger partial charge in [0.1, 0.15) is 17.6 Å². The number of rotatable bonds is 6. The average Bonchev–Trinajstić information content (AvgIpc) is 3.45. The van der Waals surface area contributed by atoms with Crippen molar-refractivity contribution in [3.63, 3.8) is 0 Å². The predicted octanol–water partition coefficient (Wildman–Crippen LogP) is 5.17. The molecule has 1 aromatic heterocycles. The summed E-state index contributed by atoms with van der Waals surface area (Å²) in [5.74, 6) is -0.991. The fraction of sp³-hybridized carbons (Fsp3) is 0.214. The van der Waals surface area contributed by atoms with Crippen LogP contribution in [0.25, 0.3) is 22.0 Å². The van der Waals surface area contributed by atoms with Crippen molar-refractivity contribution in [3.05, 3.63) is 94.9 Å². The van der Waals surface area contributed by atoms with Crippen LogP contribution in [0.15, 0.2) is 72.8 Å². The third-order valence-electron chi connectivity index (χ3n) is 6.54. The number of benzene rings is 3. The number of nitrogens with zero attached hydrogens (tertiary/aromatic N) is 1. The number of fused-ring (bicyclic) bond motifs is 1. The molecule has 2 N–H and O–H groups in total. The number of amides is 1. The van der Waals surface area contributed by atoms with Gasteiger partial charge in [-0.3, -0.25) is 14.5 Å². The van der Waals surface area contributed by atoms with Crippen LogP contribution in [0.3, 0.4) is 0 Å². The first-order chi connectivity index (χ1) is 17.4. The second kappa shape index (κ2) is 10.1. The number of hydrogen-bond acceptors (Lipinski definition) is 4. The zero-order chi connectivity index (χ0) is 25.2. The number of halogens is 2. The lowest BCUT2D eigenvalue weighted by Gasteiger charge is -2.22. The van der Waals surface area contributed by atoms with Crippen LogP contribution < -0.4 is 5.32 Å². The maximum absolute atomic E-state index is 13.7. The second-order valence-corrected chi connectivity index (χ2v) is 9.37. The summed E-state index contributed by atoms with van der Waals surface area (Å²) >= 11 is 6.27. The number of esters is 1. The number of likely N-dealkylation sites (tertiary alicyclic amines) is 1. The number of aromatic nitrogens is 1. The van der Waals surface area contributed by atoms with Gasteiger partial charge in [-0.2, -0.15) is 0 Å². The molecule has 5 rings (SSSR count). The molecule has 0 aliphatic carbocycles. The van der Waals surface area contributed by atoms with E-state index in [1.165, 1.54) is 19.2 Å². The van der Waals surface area contributed by atoms with Gasteiger partial charge in [-0.1, -0.05) is 54.1 Å². The van der Waals surface area contributed by atoms with Gasteiger partial charge in [0.15, 0.2) is 0 Å². The summed E-state index contributed by atoms with van der Waals surface area (Å²) in [7, 11) is 1.34. The molecule has 1 aliphatic heterocycles. The quantitative estimate of drug-likeness (QED) is 0.354. The Morgan fingerprint density at radius 2 is 1.92 bits per heavy atom. The molecule has 0 saturated carbocycles. The van der Waals surface area contributed by atoms with Crippen molar-refractivity contribution in [2.45, 2.75) is 25.0 Å². The molecule has 0 spiro atoms. The van der Waals surface area contributed by atoms with Crippen LogP contribution in [0.1, 0.15) is 22.5 Å². The Balaban J connectivity index is 1.42. The van der Waals surface area contributed by atoms with E-state index in [-0.39, 0.29) is 23.7 Å². The summed E-state index contributed by atoms with van der Waals surface area (Å²) in [5.41, 5.74) is 3.63. The summed E-state index contributed by atoms with van der Waals surface area (Å²) in [4.78, 5) is 31.2. The number of methoxy groups -OCH3 is 1. The van der Waals surface area contributed by atoms with Crippen molar-refractivity contribution in [2.75, 3.05) is 13.7 Å². The molecule has 8 heteroatoms. The minimum absolute atomic E-state index is 0.276. The molecular weight excluding hydrogens is 481 g/mol. The monoisotopic (exact) mass is 505 g/mol. The smallest absolute Gasteiger partial charge is 0.323 e. The summed E-state index contributed by atoms with van der Waals surface area (Å²) in [6, 6.07) is 20.6. The van der Waals surface area contributed by atoms with E-state index in [1.807, 2.05) is 53.4 Å². The van der Waals surface area contributed by atoms with E-state index in [2.05, 4.69) is 10.3 Å². The fourth-order valence-corrected chi connectivity index (χ4v) is 5.10. The van der Waals surface area contributed by atoms with Crippen molar-refractivity contribution < 1.29 is 18.7 Å². The maximum Gasteiger partial charge on any atom is 0.323 e. The normalized spacial score (nSPS) is 17.9. The number of hydrogen-bond donors (Lipinski definition) is 2. The molecule has 0 bridgehead atoms. The summed E-state index contributed by atoms with van der Waals surface area (Å²) < 4.78 is 18.7. The van der Waals surface area contributed by atoms with Crippen molar-refractivity contribution in [2.24, 2.45) is 0 Å². The van der Waals surface area contributed by atoms with Gasteiger partial charge in [0.25, 0.3) is 5.91 Å². The first kappa shape index (κ1) is 24.0. The van der Waals surface area contributed by atoms with Crippen molar-refractivity contribution in [1.29, 1.82) is 0 Å². The molecule has 4 aromatic rings. The highest BCUT2D eigenvalue weighted by atomic mass is 35.5. The lowest BCUT2D eigenvalue weighted by atomic mass is 10.0. The third-order valence-corrected chi connectivity index (χ3v) is 6.77. The molecule has 1 amide bonds. The molecule has 6 nitrogen and oxygen atoms in total. The van der Waals surface area contributed by atoms with E-state index in [9.17, 15) is 14.0 Å². The van der Waals surface area contributed by atoms with Crippen LogP contribution in [0, 0.1) is 5.82 Å². The van der Waals surface area contributed by atoms with E-state index < -0.39 is 6.04 Å². The molecule has 1 aliphatic rings. The summed E-state index contributed by atoms with van der Waals surface area (Å²) in [6.07, 6.45) is 0.389. The Morgan fingerprint density at radius 3 is 2.67 bits per heavy atom. The highest BCUT2D eigenvalue weighted by molar-refractivity contribution is 6.31. The van der Waals surface area contributed by atoms with E-state index in [1.54, 1.807) is 12.1 Å². The van der Waals surface area contributed by atoms with Crippen LogP contribution in [0.4, 0.5) is 4.39 Å². The third kappa shape index (κ3) is 4.85. The lowest BCUT2D eigenvalue weighted by Crippen LogP contribution is -2.38. The fourth-order valence-electron chi connectivity index (χ4n) is 4.93. The highest BCUT2D eigenvalue weighted by Crippen LogP contribution is 2.34. The molecule has 184 valence electrons. The summed E-state index contributed by atoms with van der Waals surface area (Å²) in [6.45, 7) is 0.790. The Morgan fingerprint density at radius 1 is 1.11 bits per heavy atom. The highest BCUT2D eigenvalue weighted by Gasteiger charge is 2.38. The Kier molecular flexibility index (Phi) is 6.76. The second-order valence-electron chi connectivity index (χ2n) is 8.94. The maximum atomic E-state index is 13.7. The first-order valence-electron chi connectivity index (χ1n) is 11.7. The lowest BCUT2D eigenvalue weighted by molar-refractivity contribution is -0.146. The predicted molar refractivity (Wildman–Crippen MR) is 137 cm³/mol. The van der Waals surface area contributed by atoms with Crippen molar-refractivity contribution >= 4 is 34.4 Å². The number of aromatic amines is 1. The molecule has 2 heterocycles. The van der Waals surface area contributed by atoms with Gasteiger partial charge < -0.3 is 15.0 Å². The molecular formula is C28H25ClFN3O3. The van der Waals surface area contributed by atoms with Crippen molar-refractivity contribution in [3.8, 4) is 11.1 Å². The van der Waals surface area contributed by atoms with Crippen LogP contribution in [-0.2, 0) is 16.1 Å². The molecule has 3 aromatic carbocycles. The Labute approximate surface area is 213 Å². The zero-order valence-corrected chi connectivity index (χ0v) is 20.4. The number of ether oxygens (including phenoxy) is 1. The van der Waals surface area contributed by atoms with Gasteiger partial charge in [0.05, 0.1) is 7.11 Å². The van der Waals surface area contributed by atoms with Crippen LogP contribution in [0.2, 0.25) is 5.02 Å². The molecule has 36 heavy (non-hydrogen) atoms. The van der Waals surface area contributed by atoms with Gasteiger partial charge >= 0.3 is 5.97 Å². The van der Waals surface area contributed by atoms with E-state index in [0.29, 0.717) is 30.2 Å². The number of carbonyl (C=O) groups excluding carboxylic acids is 2. The van der Waals surface area contributed by atoms with E-state index in [0.717, 1.165) is 27.6 Å². The molecule has 2 atom stereocenters. The summed E-state index contributed by atoms with van der Waals surface area (Å²) in [5, 5.41) is 4.52. The number of carbonyl (C=O) groups is 2. The number of nitrogens with one attached hydrogen (secondary N) is 2. The van der Waals surface area contributed by atoms with Crippen LogP contribution >= 0.6 is 11.6 Å². The largest absolute Gasteiger partial charge is 0.468 e. The standard InChI is InChI=1S/C28H25ClFN3O3/c1-36-28(35)24-14-21(16-33(24)15-17-6-5-9-20(30)12-17)31-27(34)26-25(18-7-3-2-4-8-18)22-13-19(29)10-11-23(22)32-26/h2-13,21,24,32H,14-16H2,1H3,(H,31,34)/t21-,24+/m1/s1. The molecule has 0 unspecified atom stereocenters. The van der Waals surface area contributed by atoms with Crippen molar-refractivity contribution in [1.82, 2.24) is 15.2 Å². The van der Waals surface area contributed by atoms with Gasteiger partial charge in [-0.05, 0) is 47.9 Å². The van der Waals surface area contributed by atoms with Gasteiger partial charge in [-0.15, -0.1) is 0 Å². The van der Waals surface area contributed by atoms with E-state index >= 15 is 0 Å². The Hall–Kier alpha value is -3.68. The topological polar surface area (TPSA) is 74.4 Å². The minimum Gasteiger partial charge on any atom is -0.468 e. The molecule has 0 radical (unpaired) electrons. The SMILES string of the molecule is COC(=O)[C@@H]1C[C@@H](NC(=O)c2[nH]c3ccc(Cl)cc3c2-c2ccccc2)CN1Cc1cccc(F)c1. The van der Waals surface area contributed by atoms with E-state index in [4.69, 9.17) is 16.3 Å². The van der Waals surface area contributed by atoms with Crippen LogP contribution in [0.5, 0.6) is 0 Å². The van der Waals surface area contributed by atoms with Gasteiger partial charge in [-0.25, -0.2) is 4.39 Å². The molecule has 1 fully saturated rings. The van der Waals surface area contributed by atoms with Gasteiger partial charge in [0.2, 0.25) is 0 Å². The van der Waals surface area contributed by atoms with Gasteiger partial charge in [0, 0.05) is 40.6 Å². The minimum atomic E-state index is -0.543.